The number of anilines is 1. The maximum absolute atomic E-state index is 12.9. The van der Waals surface area contributed by atoms with Crippen LogP contribution in [0, 0.1) is 6.92 Å². The highest BCUT2D eigenvalue weighted by Crippen LogP contribution is 2.21. The number of imidazole rings is 1. The Morgan fingerprint density at radius 3 is 2.65 bits per heavy atom. The van der Waals surface area contributed by atoms with E-state index in [-0.39, 0.29) is 24.9 Å². The first kappa shape index (κ1) is 26.2. The van der Waals surface area contributed by atoms with Gasteiger partial charge in [0.2, 0.25) is 5.91 Å². The Kier molecular flexibility index (Phi) is 8.12. The number of rotatable bonds is 9. The number of fused-ring (bicyclic) bond motifs is 1. The van der Waals surface area contributed by atoms with Crippen molar-refractivity contribution in [1.82, 2.24) is 29.8 Å². The maximum Gasteiger partial charge on any atom is 0.253 e. The van der Waals surface area contributed by atoms with E-state index >= 15 is 0 Å². The van der Waals surface area contributed by atoms with Gasteiger partial charge in [-0.15, -0.1) is 0 Å². The molecule has 1 aromatic carbocycles. The highest BCUT2D eigenvalue weighted by Gasteiger charge is 2.15. The van der Waals surface area contributed by atoms with Gasteiger partial charge in [-0.3, -0.25) is 14.6 Å². The third-order valence-electron chi connectivity index (χ3n) is 5.63. The van der Waals surface area contributed by atoms with Crippen molar-refractivity contribution < 1.29 is 14.7 Å². The van der Waals surface area contributed by atoms with Gasteiger partial charge in [0, 0.05) is 23.3 Å². The Balaban J connectivity index is 1.44. The van der Waals surface area contributed by atoms with E-state index in [2.05, 4.69) is 25.7 Å². The van der Waals surface area contributed by atoms with Crippen LogP contribution in [0.1, 0.15) is 34.1 Å². The van der Waals surface area contributed by atoms with E-state index in [4.69, 9.17) is 11.6 Å². The number of halogens is 1. The summed E-state index contributed by atoms with van der Waals surface area (Å²) in [5, 5.41) is 21.1. The molecule has 11 heteroatoms. The van der Waals surface area contributed by atoms with Gasteiger partial charge in [0.15, 0.2) is 11.5 Å². The number of hydrogen-bond donors (Lipinski definition) is 3. The first-order valence-electron chi connectivity index (χ1n) is 11.7. The molecule has 0 aliphatic rings. The zero-order chi connectivity index (χ0) is 26.5. The molecule has 3 N–H and O–H groups in total. The Morgan fingerprint density at radius 1 is 1.16 bits per heavy atom. The molecule has 10 nitrogen and oxygen atoms in total. The molecule has 4 aromatic rings. The van der Waals surface area contributed by atoms with Crippen LogP contribution in [-0.2, 0) is 4.79 Å². The van der Waals surface area contributed by atoms with Gasteiger partial charge in [0.25, 0.3) is 5.91 Å². The molecule has 0 unspecified atom stereocenters. The normalized spacial score (nSPS) is 12.1. The third-order valence-corrected chi connectivity index (χ3v) is 5.88. The molecule has 0 saturated heterocycles. The molecule has 0 spiro atoms. The van der Waals surface area contributed by atoms with Crippen molar-refractivity contribution in [2.75, 3.05) is 32.5 Å². The molecule has 192 valence electrons. The van der Waals surface area contributed by atoms with Crippen molar-refractivity contribution in [3.05, 3.63) is 76.7 Å². The molecular formula is C26H28ClN7O3. The van der Waals surface area contributed by atoms with E-state index in [1.807, 2.05) is 14.1 Å². The van der Waals surface area contributed by atoms with Gasteiger partial charge in [-0.1, -0.05) is 23.7 Å². The standard InChI is InChI=1S/C26H28ClN7O3/c1-16-20(26(37)28-11-10-22(35)17-4-6-19(27)7-5-17)12-18(13-29-16)21-8-9-24-30-23(14-34(24)32-21)31-25(36)15-33(2)3/h4-9,12-14,22,35H,10-11,15H2,1-3H3,(H,28,37)(H,31,36)/t22-/m0/s1. The minimum Gasteiger partial charge on any atom is -0.388 e. The van der Waals surface area contributed by atoms with Crippen molar-refractivity contribution in [3.63, 3.8) is 0 Å². The minimum atomic E-state index is -0.716. The molecule has 3 aromatic heterocycles. The van der Waals surface area contributed by atoms with Gasteiger partial charge in [0.05, 0.1) is 35.8 Å². The Bertz CT molecular complexity index is 1420. The number of likely N-dealkylation sites (N-methyl/N-ethyl adjacent to an activating group) is 1. The molecular weight excluding hydrogens is 494 g/mol. The number of benzene rings is 1. The molecule has 0 aliphatic carbocycles. The zero-order valence-electron chi connectivity index (χ0n) is 20.8. The quantitative estimate of drug-likeness (QED) is 0.309. The molecule has 0 aliphatic heterocycles. The van der Waals surface area contributed by atoms with Crippen LogP contribution in [0.5, 0.6) is 0 Å². The number of nitrogens with zero attached hydrogens (tertiary/aromatic N) is 5. The Labute approximate surface area is 219 Å². The van der Waals surface area contributed by atoms with E-state index < -0.39 is 6.10 Å². The van der Waals surface area contributed by atoms with Crippen LogP contribution in [0.25, 0.3) is 16.9 Å². The first-order valence-corrected chi connectivity index (χ1v) is 12.1. The summed E-state index contributed by atoms with van der Waals surface area (Å²) in [5.74, 6) is -0.0585. The molecule has 3 heterocycles. The van der Waals surface area contributed by atoms with Crippen molar-refractivity contribution >= 4 is 34.9 Å². The first-order chi connectivity index (χ1) is 17.7. The predicted octanol–water partition coefficient (Wildman–Crippen LogP) is 3.11. The Morgan fingerprint density at radius 2 is 1.92 bits per heavy atom. The second-order valence-corrected chi connectivity index (χ2v) is 9.34. The summed E-state index contributed by atoms with van der Waals surface area (Å²) >= 11 is 5.89. The number of pyridine rings is 1. The lowest BCUT2D eigenvalue weighted by Crippen LogP contribution is -2.27. The van der Waals surface area contributed by atoms with Gasteiger partial charge in [-0.25, -0.2) is 9.50 Å². The van der Waals surface area contributed by atoms with E-state index in [9.17, 15) is 14.7 Å². The molecule has 0 bridgehead atoms. The summed E-state index contributed by atoms with van der Waals surface area (Å²) in [5.41, 5.74) is 3.55. The molecule has 4 rings (SSSR count). The van der Waals surface area contributed by atoms with Crippen molar-refractivity contribution in [3.8, 4) is 11.3 Å². The lowest BCUT2D eigenvalue weighted by atomic mass is 10.1. The minimum absolute atomic E-state index is 0.173. The fraction of sp³-hybridized carbons (Fsp3) is 0.269. The summed E-state index contributed by atoms with van der Waals surface area (Å²) in [6, 6.07) is 12.3. The summed E-state index contributed by atoms with van der Waals surface area (Å²) < 4.78 is 1.57. The van der Waals surface area contributed by atoms with Gasteiger partial charge >= 0.3 is 0 Å². The SMILES string of the molecule is Cc1ncc(-c2ccc3nc(NC(=O)CN(C)C)cn3n2)cc1C(=O)NCC[C@H](O)c1ccc(Cl)cc1. The summed E-state index contributed by atoms with van der Waals surface area (Å²) in [6.07, 6.45) is 2.92. The maximum atomic E-state index is 12.9. The molecule has 0 radical (unpaired) electrons. The summed E-state index contributed by atoms with van der Waals surface area (Å²) in [6.45, 7) is 2.29. The van der Waals surface area contributed by atoms with E-state index in [1.54, 1.807) is 71.2 Å². The lowest BCUT2D eigenvalue weighted by Gasteiger charge is -2.13. The monoisotopic (exact) mass is 521 g/mol. The number of nitrogens with one attached hydrogen (secondary N) is 2. The molecule has 0 fully saturated rings. The van der Waals surface area contributed by atoms with E-state index in [1.165, 1.54) is 0 Å². The summed E-state index contributed by atoms with van der Waals surface area (Å²) in [7, 11) is 3.62. The van der Waals surface area contributed by atoms with Crippen molar-refractivity contribution in [2.45, 2.75) is 19.4 Å². The lowest BCUT2D eigenvalue weighted by molar-refractivity contribution is -0.116. The average Bonchev–Trinajstić information content (AvgIpc) is 3.25. The fourth-order valence-corrected chi connectivity index (χ4v) is 3.86. The highest BCUT2D eigenvalue weighted by molar-refractivity contribution is 6.30. The highest BCUT2D eigenvalue weighted by atomic mass is 35.5. The van der Waals surface area contributed by atoms with Crippen LogP contribution in [0.4, 0.5) is 5.82 Å². The van der Waals surface area contributed by atoms with Gasteiger partial charge in [-0.05, 0) is 63.3 Å². The van der Waals surface area contributed by atoms with E-state index in [0.29, 0.717) is 45.4 Å². The third kappa shape index (κ3) is 6.67. The molecule has 2 amide bonds. The van der Waals surface area contributed by atoms with Crippen molar-refractivity contribution in [1.29, 1.82) is 0 Å². The van der Waals surface area contributed by atoms with Crippen LogP contribution in [0.2, 0.25) is 5.02 Å². The van der Waals surface area contributed by atoms with Gasteiger partial charge < -0.3 is 20.6 Å². The number of aryl methyl sites for hydroxylation is 1. The number of aliphatic hydroxyl groups excluding tert-OH is 1. The topological polar surface area (TPSA) is 125 Å². The molecule has 0 saturated carbocycles. The van der Waals surface area contributed by atoms with Crippen LogP contribution < -0.4 is 10.6 Å². The second-order valence-electron chi connectivity index (χ2n) is 8.90. The van der Waals surface area contributed by atoms with Gasteiger partial charge in [-0.2, -0.15) is 5.10 Å². The second kappa shape index (κ2) is 11.5. The van der Waals surface area contributed by atoms with Crippen LogP contribution in [0.15, 0.2) is 54.9 Å². The fourth-order valence-electron chi connectivity index (χ4n) is 3.74. The number of hydrogen-bond acceptors (Lipinski definition) is 7. The zero-order valence-corrected chi connectivity index (χ0v) is 21.5. The number of aromatic nitrogens is 4. The number of aliphatic hydroxyl groups is 1. The van der Waals surface area contributed by atoms with E-state index in [0.717, 1.165) is 5.56 Å². The molecule has 37 heavy (non-hydrogen) atoms. The van der Waals surface area contributed by atoms with Gasteiger partial charge in [0.1, 0.15) is 0 Å². The van der Waals surface area contributed by atoms with Crippen molar-refractivity contribution in [2.24, 2.45) is 0 Å². The van der Waals surface area contributed by atoms with Crippen LogP contribution >= 0.6 is 11.6 Å². The number of carbonyl (C=O) groups is 2. The largest absolute Gasteiger partial charge is 0.388 e. The Hall–Kier alpha value is -3.86. The number of amides is 2. The summed E-state index contributed by atoms with van der Waals surface area (Å²) in [4.78, 5) is 35.4. The van der Waals surface area contributed by atoms with Crippen LogP contribution in [-0.4, -0.2) is 68.6 Å². The smallest absolute Gasteiger partial charge is 0.253 e. The molecule has 1 atom stereocenters. The van der Waals surface area contributed by atoms with Crippen LogP contribution in [0.3, 0.4) is 0 Å². The predicted molar refractivity (Wildman–Crippen MR) is 142 cm³/mol. The average molecular weight is 522 g/mol. The number of carbonyl (C=O) groups excluding carboxylic acids is 2.